The van der Waals surface area contributed by atoms with Crippen LogP contribution < -0.4 is 11.5 Å². The third-order valence-electron chi connectivity index (χ3n) is 3.03. The van der Waals surface area contributed by atoms with Crippen molar-refractivity contribution < 1.29 is 0 Å². The van der Waals surface area contributed by atoms with Gasteiger partial charge in [-0.2, -0.15) is 0 Å². The molecule has 4 nitrogen and oxygen atoms in total. The van der Waals surface area contributed by atoms with E-state index in [1.807, 2.05) is 18.3 Å². The second-order valence-corrected chi connectivity index (χ2v) is 4.22. The molecule has 90 valence electrons. The summed E-state index contributed by atoms with van der Waals surface area (Å²) in [5, 5.41) is 0. The molecule has 2 aromatic heterocycles. The zero-order valence-corrected chi connectivity index (χ0v) is 10.2. The van der Waals surface area contributed by atoms with Crippen LogP contribution in [0.5, 0.6) is 0 Å². The van der Waals surface area contributed by atoms with Gasteiger partial charge in [-0.15, -0.1) is 0 Å². The molecular weight excluding hydrogens is 212 g/mol. The smallest absolute Gasteiger partial charge is 0.0638 e. The van der Waals surface area contributed by atoms with Crippen molar-refractivity contribution in [3.8, 4) is 5.69 Å². The molecule has 0 amide bonds. The van der Waals surface area contributed by atoms with Crippen molar-refractivity contribution in [2.24, 2.45) is 11.5 Å². The molecule has 0 saturated carbocycles. The third-order valence-corrected chi connectivity index (χ3v) is 3.03. The van der Waals surface area contributed by atoms with Crippen LogP contribution in [0.3, 0.4) is 0 Å². The van der Waals surface area contributed by atoms with Gasteiger partial charge in [0, 0.05) is 30.2 Å². The van der Waals surface area contributed by atoms with Crippen molar-refractivity contribution in [3.05, 3.63) is 47.5 Å². The first-order valence-electron chi connectivity index (χ1n) is 5.70. The molecule has 0 aliphatic rings. The number of nitrogens with two attached hydrogens (primary N) is 2. The lowest BCUT2D eigenvalue weighted by atomic mass is 10.1. The van der Waals surface area contributed by atoms with Crippen molar-refractivity contribution in [2.75, 3.05) is 6.54 Å². The summed E-state index contributed by atoms with van der Waals surface area (Å²) in [6.07, 6.45) is 3.61. The van der Waals surface area contributed by atoms with Gasteiger partial charge in [0.15, 0.2) is 0 Å². The Balaban J connectivity index is 2.53. The van der Waals surface area contributed by atoms with Crippen LogP contribution in [0, 0.1) is 13.8 Å². The number of nitrogens with zero attached hydrogens (tertiary/aromatic N) is 2. The van der Waals surface area contributed by atoms with E-state index in [-0.39, 0.29) is 6.04 Å². The first kappa shape index (κ1) is 11.8. The lowest BCUT2D eigenvalue weighted by Crippen LogP contribution is -2.21. The number of aryl methyl sites for hydroxylation is 1. The Morgan fingerprint density at radius 3 is 2.76 bits per heavy atom. The Kier molecular flexibility index (Phi) is 3.26. The van der Waals surface area contributed by atoms with Crippen molar-refractivity contribution in [1.82, 2.24) is 9.55 Å². The molecule has 17 heavy (non-hydrogen) atoms. The Morgan fingerprint density at radius 2 is 2.18 bits per heavy atom. The fraction of sp³-hybridized carbons (Fsp3) is 0.308. The summed E-state index contributed by atoms with van der Waals surface area (Å²) in [5.41, 5.74) is 16.1. The van der Waals surface area contributed by atoms with Gasteiger partial charge in [0.2, 0.25) is 0 Å². The molecule has 0 fully saturated rings. The second-order valence-electron chi connectivity index (χ2n) is 4.22. The zero-order valence-electron chi connectivity index (χ0n) is 10.2. The van der Waals surface area contributed by atoms with Gasteiger partial charge in [-0.25, -0.2) is 0 Å². The van der Waals surface area contributed by atoms with Crippen molar-refractivity contribution >= 4 is 0 Å². The maximum atomic E-state index is 6.00. The van der Waals surface area contributed by atoms with E-state index in [4.69, 9.17) is 11.5 Å². The predicted molar refractivity (Wildman–Crippen MR) is 69.0 cm³/mol. The van der Waals surface area contributed by atoms with Gasteiger partial charge in [-0.3, -0.25) is 4.98 Å². The zero-order chi connectivity index (χ0) is 12.4. The maximum absolute atomic E-state index is 6.00. The van der Waals surface area contributed by atoms with E-state index in [0.717, 1.165) is 22.6 Å². The van der Waals surface area contributed by atoms with Crippen molar-refractivity contribution in [3.63, 3.8) is 0 Å². The standard InChI is InChI=1S/C13H18N4/c1-9-6-12(13(15)7-14)10(2)17(9)11-4-3-5-16-8-11/h3-6,8,13H,7,14-15H2,1-2H3. The van der Waals surface area contributed by atoms with E-state index in [9.17, 15) is 0 Å². The molecule has 2 aromatic rings. The molecule has 4 heteroatoms. The van der Waals surface area contributed by atoms with E-state index in [2.05, 4.69) is 29.5 Å². The highest BCUT2D eigenvalue weighted by Gasteiger charge is 2.14. The van der Waals surface area contributed by atoms with Crippen LogP contribution in [0.15, 0.2) is 30.6 Å². The predicted octanol–water partition coefficient (Wildman–Crippen LogP) is 1.45. The quantitative estimate of drug-likeness (QED) is 0.838. The normalized spacial score (nSPS) is 12.7. The molecule has 0 aromatic carbocycles. The van der Waals surface area contributed by atoms with Crippen LogP contribution in [-0.4, -0.2) is 16.1 Å². The highest BCUT2D eigenvalue weighted by Crippen LogP contribution is 2.23. The van der Waals surface area contributed by atoms with Crippen LogP contribution in [-0.2, 0) is 0 Å². The molecule has 0 aliphatic heterocycles. The minimum atomic E-state index is -0.105. The Bertz CT molecular complexity index is 502. The summed E-state index contributed by atoms with van der Waals surface area (Å²) >= 11 is 0. The highest BCUT2D eigenvalue weighted by molar-refractivity contribution is 5.40. The number of aromatic nitrogens is 2. The summed E-state index contributed by atoms with van der Waals surface area (Å²) in [6.45, 7) is 4.58. The average Bonchev–Trinajstić information content (AvgIpc) is 2.65. The van der Waals surface area contributed by atoms with Gasteiger partial charge < -0.3 is 16.0 Å². The molecule has 2 rings (SSSR count). The van der Waals surface area contributed by atoms with Crippen molar-refractivity contribution in [2.45, 2.75) is 19.9 Å². The molecular formula is C13H18N4. The summed E-state index contributed by atoms with van der Waals surface area (Å²) in [6, 6.07) is 5.95. The summed E-state index contributed by atoms with van der Waals surface area (Å²) in [5.74, 6) is 0. The molecule has 0 bridgehead atoms. The van der Waals surface area contributed by atoms with Crippen LogP contribution in [0.25, 0.3) is 5.69 Å². The maximum Gasteiger partial charge on any atom is 0.0638 e. The Hall–Kier alpha value is -1.65. The average molecular weight is 230 g/mol. The van der Waals surface area contributed by atoms with Gasteiger partial charge in [0.25, 0.3) is 0 Å². The molecule has 4 N–H and O–H groups in total. The topological polar surface area (TPSA) is 69.9 Å². The molecule has 0 saturated heterocycles. The van der Waals surface area contributed by atoms with E-state index in [1.165, 1.54) is 0 Å². The van der Waals surface area contributed by atoms with Crippen LogP contribution >= 0.6 is 0 Å². The van der Waals surface area contributed by atoms with Crippen molar-refractivity contribution in [1.29, 1.82) is 0 Å². The Morgan fingerprint density at radius 1 is 1.41 bits per heavy atom. The summed E-state index contributed by atoms with van der Waals surface area (Å²) in [4.78, 5) is 4.14. The SMILES string of the molecule is Cc1cc(C(N)CN)c(C)n1-c1cccnc1. The molecule has 2 heterocycles. The third kappa shape index (κ3) is 2.09. The minimum Gasteiger partial charge on any atom is -0.329 e. The van der Waals surface area contributed by atoms with Gasteiger partial charge >= 0.3 is 0 Å². The first-order valence-corrected chi connectivity index (χ1v) is 5.70. The van der Waals surface area contributed by atoms with E-state index in [1.54, 1.807) is 6.20 Å². The molecule has 0 aliphatic carbocycles. The lowest BCUT2D eigenvalue weighted by molar-refractivity contribution is 0.728. The Labute approximate surface area is 101 Å². The van der Waals surface area contributed by atoms with E-state index in [0.29, 0.717) is 6.54 Å². The largest absolute Gasteiger partial charge is 0.329 e. The minimum absolute atomic E-state index is 0.105. The molecule has 0 radical (unpaired) electrons. The number of hydrogen-bond donors (Lipinski definition) is 2. The number of hydrogen-bond acceptors (Lipinski definition) is 3. The number of pyridine rings is 1. The van der Waals surface area contributed by atoms with Gasteiger partial charge in [0.1, 0.15) is 0 Å². The number of rotatable bonds is 3. The molecule has 1 atom stereocenters. The van der Waals surface area contributed by atoms with E-state index < -0.39 is 0 Å². The van der Waals surface area contributed by atoms with E-state index >= 15 is 0 Å². The fourth-order valence-corrected chi connectivity index (χ4v) is 2.17. The molecule has 1 unspecified atom stereocenters. The summed E-state index contributed by atoms with van der Waals surface area (Å²) in [7, 11) is 0. The van der Waals surface area contributed by atoms with Gasteiger partial charge in [-0.05, 0) is 37.6 Å². The van der Waals surface area contributed by atoms with Gasteiger partial charge in [-0.1, -0.05) is 0 Å². The summed E-state index contributed by atoms with van der Waals surface area (Å²) < 4.78 is 2.15. The second kappa shape index (κ2) is 4.69. The lowest BCUT2D eigenvalue weighted by Gasteiger charge is -2.11. The first-order chi connectivity index (χ1) is 8.15. The fourth-order valence-electron chi connectivity index (χ4n) is 2.17. The van der Waals surface area contributed by atoms with Crippen LogP contribution in [0.1, 0.15) is 23.0 Å². The monoisotopic (exact) mass is 230 g/mol. The van der Waals surface area contributed by atoms with Gasteiger partial charge in [0.05, 0.1) is 11.9 Å². The van der Waals surface area contributed by atoms with Crippen LogP contribution in [0.4, 0.5) is 0 Å². The highest BCUT2D eigenvalue weighted by atomic mass is 15.0. The molecule has 0 spiro atoms. The van der Waals surface area contributed by atoms with Crippen LogP contribution in [0.2, 0.25) is 0 Å².